The van der Waals surface area contributed by atoms with E-state index in [0.717, 1.165) is 5.56 Å². The monoisotopic (exact) mass is 276 g/mol. The van der Waals surface area contributed by atoms with Crippen LogP contribution in [0, 0.1) is 17.0 Å². The van der Waals surface area contributed by atoms with Gasteiger partial charge in [0.05, 0.1) is 23.9 Å². The van der Waals surface area contributed by atoms with Gasteiger partial charge in [-0.15, -0.1) is 0 Å². The zero-order valence-electron chi connectivity index (χ0n) is 10.9. The van der Waals surface area contributed by atoms with Gasteiger partial charge in [0.15, 0.2) is 0 Å². The smallest absolute Gasteiger partial charge is 0.343 e. The Morgan fingerprint density at radius 3 is 2.80 bits per heavy atom. The van der Waals surface area contributed by atoms with Gasteiger partial charge >= 0.3 is 5.97 Å². The van der Waals surface area contributed by atoms with E-state index in [0.29, 0.717) is 5.69 Å². The van der Waals surface area contributed by atoms with Crippen LogP contribution >= 0.6 is 0 Å². The number of ether oxygens (including phenoxy) is 1. The van der Waals surface area contributed by atoms with Crippen LogP contribution in [-0.2, 0) is 4.74 Å². The van der Waals surface area contributed by atoms with Crippen LogP contribution in [0.15, 0.2) is 24.4 Å². The molecule has 2 N–H and O–H groups in total. The Morgan fingerprint density at radius 1 is 1.50 bits per heavy atom. The van der Waals surface area contributed by atoms with Gasteiger partial charge in [-0.3, -0.25) is 10.1 Å². The second kappa shape index (κ2) is 5.00. The van der Waals surface area contributed by atoms with Crippen molar-refractivity contribution >= 4 is 17.5 Å². The number of nitro benzene ring substituents is 1. The van der Waals surface area contributed by atoms with Crippen molar-refractivity contribution in [3.63, 3.8) is 0 Å². The van der Waals surface area contributed by atoms with Crippen LogP contribution in [0.2, 0.25) is 0 Å². The molecule has 0 bridgehead atoms. The van der Waals surface area contributed by atoms with Gasteiger partial charge in [-0.25, -0.2) is 9.48 Å². The summed E-state index contributed by atoms with van der Waals surface area (Å²) in [4.78, 5) is 21.8. The number of esters is 1. The van der Waals surface area contributed by atoms with E-state index in [1.807, 2.05) is 0 Å². The summed E-state index contributed by atoms with van der Waals surface area (Å²) in [5.74, 6) is -0.544. The molecule has 2 rings (SSSR count). The number of hydrogen-bond donors (Lipinski definition) is 1. The van der Waals surface area contributed by atoms with Crippen LogP contribution in [0.1, 0.15) is 15.9 Å². The average Bonchev–Trinajstić information content (AvgIpc) is 2.80. The van der Waals surface area contributed by atoms with E-state index in [4.69, 9.17) is 5.73 Å². The summed E-state index contributed by atoms with van der Waals surface area (Å²) in [5.41, 5.74) is 7.04. The summed E-state index contributed by atoms with van der Waals surface area (Å²) in [6.07, 6.45) is 1.26. The number of nitrogens with two attached hydrogens (primary N) is 1. The topological polar surface area (TPSA) is 113 Å². The zero-order chi connectivity index (χ0) is 14.9. The first-order valence-electron chi connectivity index (χ1n) is 5.63. The summed E-state index contributed by atoms with van der Waals surface area (Å²) >= 11 is 0. The summed E-state index contributed by atoms with van der Waals surface area (Å²) in [5, 5.41) is 14.8. The number of rotatable bonds is 3. The minimum Gasteiger partial charge on any atom is -0.465 e. The molecule has 1 heterocycles. The highest BCUT2D eigenvalue weighted by atomic mass is 16.6. The van der Waals surface area contributed by atoms with Crippen LogP contribution in [0.5, 0.6) is 0 Å². The van der Waals surface area contributed by atoms with Crippen LogP contribution in [-0.4, -0.2) is 27.8 Å². The van der Waals surface area contributed by atoms with Gasteiger partial charge in [0.1, 0.15) is 11.4 Å². The number of methoxy groups -OCH3 is 1. The molecule has 0 amide bonds. The van der Waals surface area contributed by atoms with E-state index in [1.165, 1.54) is 30.1 Å². The number of carbonyl (C=O) groups excluding carboxylic acids is 1. The minimum atomic E-state index is -0.614. The van der Waals surface area contributed by atoms with Crippen molar-refractivity contribution in [3.8, 4) is 5.69 Å². The van der Waals surface area contributed by atoms with Crippen molar-refractivity contribution in [3.05, 3.63) is 45.6 Å². The third-order valence-corrected chi connectivity index (χ3v) is 2.84. The quantitative estimate of drug-likeness (QED) is 0.515. The van der Waals surface area contributed by atoms with Gasteiger partial charge in [0.2, 0.25) is 0 Å². The molecule has 0 saturated heterocycles. The Labute approximate surface area is 113 Å². The normalized spacial score (nSPS) is 10.3. The molecule has 104 valence electrons. The van der Waals surface area contributed by atoms with E-state index in [2.05, 4.69) is 9.84 Å². The third kappa shape index (κ3) is 2.18. The molecule has 1 aromatic heterocycles. The molecule has 2 aromatic rings. The maximum atomic E-state index is 11.5. The average molecular weight is 276 g/mol. The number of non-ortho nitro benzene ring substituents is 1. The fourth-order valence-corrected chi connectivity index (χ4v) is 1.76. The highest BCUT2D eigenvalue weighted by Gasteiger charge is 2.19. The molecule has 0 aliphatic rings. The summed E-state index contributed by atoms with van der Waals surface area (Å²) in [6.45, 7) is 1.76. The number of aromatic nitrogens is 2. The van der Waals surface area contributed by atoms with Gasteiger partial charge in [0.25, 0.3) is 5.69 Å². The number of nitro groups is 1. The first kappa shape index (κ1) is 13.5. The predicted molar refractivity (Wildman–Crippen MR) is 70.7 cm³/mol. The Kier molecular flexibility index (Phi) is 3.38. The molecule has 0 aliphatic carbocycles. The Hall–Kier alpha value is -2.90. The van der Waals surface area contributed by atoms with E-state index >= 15 is 0 Å². The fourth-order valence-electron chi connectivity index (χ4n) is 1.76. The highest BCUT2D eigenvalue weighted by Crippen LogP contribution is 2.24. The van der Waals surface area contributed by atoms with Crippen molar-refractivity contribution < 1.29 is 14.5 Å². The predicted octanol–water partition coefficient (Wildman–Crippen LogP) is 1.46. The number of nitrogens with zero attached hydrogens (tertiary/aromatic N) is 3. The molecule has 0 unspecified atom stereocenters. The standard InChI is InChI=1S/C12H12N4O4/c1-7-3-4-8(16(18)19)5-10(7)15-11(13)9(6-14-15)12(17)20-2/h3-6H,13H2,1-2H3. The Balaban J connectivity index is 2.57. The van der Waals surface area contributed by atoms with Crippen molar-refractivity contribution in [1.29, 1.82) is 0 Å². The molecule has 0 radical (unpaired) electrons. The molecule has 0 atom stereocenters. The Bertz CT molecular complexity index is 693. The van der Waals surface area contributed by atoms with Crippen molar-refractivity contribution in [2.24, 2.45) is 0 Å². The molecular formula is C12H12N4O4. The molecule has 0 saturated carbocycles. The lowest BCUT2D eigenvalue weighted by atomic mass is 10.2. The third-order valence-electron chi connectivity index (χ3n) is 2.84. The van der Waals surface area contributed by atoms with Crippen LogP contribution in [0.4, 0.5) is 11.5 Å². The zero-order valence-corrected chi connectivity index (χ0v) is 10.9. The van der Waals surface area contributed by atoms with E-state index in [9.17, 15) is 14.9 Å². The first-order valence-corrected chi connectivity index (χ1v) is 5.63. The summed E-state index contributed by atoms with van der Waals surface area (Å²) in [6, 6.07) is 4.33. The summed E-state index contributed by atoms with van der Waals surface area (Å²) in [7, 11) is 1.23. The van der Waals surface area contributed by atoms with Crippen molar-refractivity contribution in [1.82, 2.24) is 9.78 Å². The van der Waals surface area contributed by atoms with Gasteiger partial charge in [0, 0.05) is 12.1 Å². The molecule has 0 aliphatic heterocycles. The van der Waals surface area contributed by atoms with E-state index in [1.54, 1.807) is 13.0 Å². The SMILES string of the molecule is COC(=O)c1cnn(-c2cc([N+](=O)[O-])ccc2C)c1N. The molecule has 20 heavy (non-hydrogen) atoms. The second-order valence-electron chi connectivity index (χ2n) is 4.07. The molecular weight excluding hydrogens is 264 g/mol. The lowest BCUT2D eigenvalue weighted by Gasteiger charge is -2.08. The number of anilines is 1. The molecule has 8 heteroatoms. The molecule has 0 fully saturated rings. The number of nitrogen functional groups attached to an aromatic ring is 1. The van der Waals surface area contributed by atoms with Crippen molar-refractivity contribution in [2.45, 2.75) is 6.92 Å². The number of carbonyl (C=O) groups is 1. The van der Waals surface area contributed by atoms with Gasteiger partial charge < -0.3 is 10.5 Å². The number of aryl methyl sites for hydroxylation is 1. The number of benzene rings is 1. The van der Waals surface area contributed by atoms with Crippen LogP contribution in [0.3, 0.4) is 0 Å². The van der Waals surface area contributed by atoms with Gasteiger partial charge in [-0.2, -0.15) is 5.10 Å². The number of hydrogen-bond acceptors (Lipinski definition) is 6. The Morgan fingerprint density at radius 2 is 2.20 bits per heavy atom. The summed E-state index contributed by atoms with van der Waals surface area (Å²) < 4.78 is 5.85. The maximum Gasteiger partial charge on any atom is 0.343 e. The van der Waals surface area contributed by atoms with Crippen LogP contribution < -0.4 is 5.73 Å². The lowest BCUT2D eigenvalue weighted by Crippen LogP contribution is -2.08. The van der Waals surface area contributed by atoms with Crippen LogP contribution in [0.25, 0.3) is 5.69 Å². The van der Waals surface area contributed by atoms with E-state index in [-0.39, 0.29) is 17.1 Å². The molecule has 1 aromatic carbocycles. The second-order valence-corrected chi connectivity index (χ2v) is 4.07. The lowest BCUT2D eigenvalue weighted by molar-refractivity contribution is -0.384. The largest absolute Gasteiger partial charge is 0.465 e. The van der Waals surface area contributed by atoms with Crippen molar-refractivity contribution in [2.75, 3.05) is 12.8 Å². The highest BCUT2D eigenvalue weighted by molar-refractivity contribution is 5.94. The minimum absolute atomic E-state index is 0.0699. The molecule has 0 spiro atoms. The van der Waals surface area contributed by atoms with Gasteiger partial charge in [-0.05, 0) is 12.5 Å². The van der Waals surface area contributed by atoms with Gasteiger partial charge in [-0.1, -0.05) is 6.07 Å². The first-order chi connectivity index (χ1) is 9.45. The van der Waals surface area contributed by atoms with E-state index < -0.39 is 10.9 Å². The maximum absolute atomic E-state index is 11.5. The molecule has 8 nitrogen and oxygen atoms in total. The fraction of sp³-hybridized carbons (Fsp3) is 0.167.